The highest BCUT2D eigenvalue weighted by Crippen LogP contribution is 2.26. The van der Waals surface area contributed by atoms with Crippen LogP contribution in [0, 0.1) is 12.8 Å². The lowest BCUT2D eigenvalue weighted by Gasteiger charge is -2.26. The molecule has 0 saturated heterocycles. The zero-order valence-electron chi connectivity index (χ0n) is 11.1. The van der Waals surface area contributed by atoms with E-state index < -0.39 is 0 Å². The van der Waals surface area contributed by atoms with Crippen molar-refractivity contribution >= 4 is 11.7 Å². The number of carbonyl (C=O) groups excluding carboxylic acids is 1. The summed E-state index contributed by atoms with van der Waals surface area (Å²) in [6, 6.07) is 5.30. The Morgan fingerprint density at radius 3 is 2.83 bits per heavy atom. The van der Waals surface area contributed by atoms with Gasteiger partial charge in [-0.15, -0.1) is 0 Å². The molecule has 0 radical (unpaired) electrons. The molecule has 98 valence electrons. The zero-order valence-corrected chi connectivity index (χ0v) is 11.1. The van der Waals surface area contributed by atoms with Gasteiger partial charge in [-0.2, -0.15) is 0 Å². The quantitative estimate of drug-likeness (QED) is 0.644. The standard InChI is InChI=1S/C15H21NO2/c1-10-4-3-5-13(8-10)18-15(17)14-7-6-12(16)9-11(14)2/h6-7,9-10,13H,3-5,8,16H2,1-2H3. The smallest absolute Gasteiger partial charge is 0.338 e. The van der Waals surface area contributed by atoms with Gasteiger partial charge in [-0.25, -0.2) is 4.79 Å². The van der Waals surface area contributed by atoms with E-state index in [-0.39, 0.29) is 12.1 Å². The second-order valence-electron chi connectivity index (χ2n) is 5.37. The number of nitrogens with two attached hydrogens (primary N) is 1. The fourth-order valence-corrected chi connectivity index (χ4v) is 2.62. The lowest BCUT2D eigenvalue weighted by molar-refractivity contribution is 0.0154. The van der Waals surface area contributed by atoms with Crippen LogP contribution in [0.4, 0.5) is 5.69 Å². The van der Waals surface area contributed by atoms with Crippen molar-refractivity contribution in [2.24, 2.45) is 5.92 Å². The fraction of sp³-hybridized carbons (Fsp3) is 0.533. The molecule has 2 unspecified atom stereocenters. The average Bonchev–Trinajstić information content (AvgIpc) is 2.28. The molecule has 1 aliphatic rings. The van der Waals surface area contributed by atoms with Crippen LogP contribution in [0.15, 0.2) is 18.2 Å². The molecule has 2 rings (SSSR count). The van der Waals surface area contributed by atoms with Crippen molar-refractivity contribution in [2.45, 2.75) is 45.6 Å². The molecule has 0 bridgehead atoms. The first-order valence-corrected chi connectivity index (χ1v) is 6.63. The molecule has 0 heterocycles. The Morgan fingerprint density at radius 1 is 1.39 bits per heavy atom. The number of benzene rings is 1. The van der Waals surface area contributed by atoms with Gasteiger partial charge in [0.05, 0.1) is 5.56 Å². The molecule has 0 spiro atoms. The second kappa shape index (κ2) is 5.42. The van der Waals surface area contributed by atoms with Crippen LogP contribution in [-0.4, -0.2) is 12.1 Å². The van der Waals surface area contributed by atoms with E-state index in [1.54, 1.807) is 18.2 Å². The first-order valence-electron chi connectivity index (χ1n) is 6.63. The van der Waals surface area contributed by atoms with Gasteiger partial charge >= 0.3 is 5.97 Å². The van der Waals surface area contributed by atoms with Gasteiger partial charge in [0.2, 0.25) is 0 Å². The van der Waals surface area contributed by atoms with Crippen molar-refractivity contribution < 1.29 is 9.53 Å². The van der Waals surface area contributed by atoms with Gasteiger partial charge in [0.15, 0.2) is 0 Å². The first kappa shape index (κ1) is 12.9. The summed E-state index contributed by atoms with van der Waals surface area (Å²) in [7, 11) is 0. The van der Waals surface area contributed by atoms with E-state index in [0.717, 1.165) is 24.8 Å². The van der Waals surface area contributed by atoms with Crippen LogP contribution in [0.3, 0.4) is 0 Å². The van der Waals surface area contributed by atoms with Crippen LogP contribution >= 0.6 is 0 Å². The highest BCUT2D eigenvalue weighted by molar-refractivity contribution is 5.91. The molecule has 1 aromatic rings. The van der Waals surface area contributed by atoms with E-state index in [1.165, 1.54) is 6.42 Å². The van der Waals surface area contributed by atoms with Crippen LogP contribution in [0.2, 0.25) is 0 Å². The Morgan fingerprint density at radius 2 is 2.17 bits per heavy atom. The average molecular weight is 247 g/mol. The van der Waals surface area contributed by atoms with E-state index >= 15 is 0 Å². The lowest BCUT2D eigenvalue weighted by Crippen LogP contribution is -2.24. The van der Waals surface area contributed by atoms with E-state index in [1.807, 2.05) is 6.92 Å². The third-order valence-corrected chi connectivity index (χ3v) is 3.63. The predicted molar refractivity (Wildman–Crippen MR) is 72.4 cm³/mol. The number of ether oxygens (including phenoxy) is 1. The number of anilines is 1. The number of rotatable bonds is 2. The highest BCUT2D eigenvalue weighted by Gasteiger charge is 2.23. The molecule has 1 aliphatic carbocycles. The van der Waals surface area contributed by atoms with Gasteiger partial charge in [-0.1, -0.05) is 13.3 Å². The monoisotopic (exact) mass is 247 g/mol. The molecular formula is C15H21NO2. The van der Waals surface area contributed by atoms with Crippen LogP contribution in [-0.2, 0) is 4.74 Å². The first-order chi connectivity index (χ1) is 8.56. The molecule has 1 saturated carbocycles. The zero-order chi connectivity index (χ0) is 13.1. The largest absolute Gasteiger partial charge is 0.459 e. The summed E-state index contributed by atoms with van der Waals surface area (Å²) in [6.07, 6.45) is 4.46. The van der Waals surface area contributed by atoms with Crippen molar-refractivity contribution in [3.05, 3.63) is 29.3 Å². The molecule has 2 N–H and O–H groups in total. The molecule has 0 amide bonds. The number of hydrogen-bond acceptors (Lipinski definition) is 3. The molecule has 3 heteroatoms. The van der Waals surface area contributed by atoms with Gasteiger partial charge in [0.1, 0.15) is 6.10 Å². The molecule has 2 atom stereocenters. The van der Waals surface area contributed by atoms with Crippen molar-refractivity contribution in [3.8, 4) is 0 Å². The Kier molecular flexibility index (Phi) is 3.90. The molecule has 3 nitrogen and oxygen atoms in total. The molecule has 0 aliphatic heterocycles. The van der Waals surface area contributed by atoms with Crippen molar-refractivity contribution in [1.82, 2.24) is 0 Å². The fourth-order valence-electron chi connectivity index (χ4n) is 2.62. The molecule has 18 heavy (non-hydrogen) atoms. The number of aryl methyl sites for hydroxylation is 1. The maximum Gasteiger partial charge on any atom is 0.338 e. The van der Waals surface area contributed by atoms with Crippen molar-refractivity contribution in [2.75, 3.05) is 5.73 Å². The summed E-state index contributed by atoms with van der Waals surface area (Å²) in [5, 5.41) is 0. The van der Waals surface area contributed by atoms with E-state index in [4.69, 9.17) is 10.5 Å². The van der Waals surface area contributed by atoms with Crippen LogP contribution in [0.25, 0.3) is 0 Å². The number of esters is 1. The van der Waals surface area contributed by atoms with E-state index in [0.29, 0.717) is 17.2 Å². The Labute approximate surface area is 108 Å². The third kappa shape index (κ3) is 3.03. The molecule has 1 aromatic carbocycles. The number of nitrogen functional groups attached to an aromatic ring is 1. The Balaban J connectivity index is 2.03. The number of carbonyl (C=O) groups is 1. The molecule has 0 aromatic heterocycles. The SMILES string of the molecule is Cc1cc(N)ccc1C(=O)OC1CCCC(C)C1. The summed E-state index contributed by atoms with van der Waals surface area (Å²) in [5.41, 5.74) is 7.86. The maximum atomic E-state index is 12.1. The van der Waals surface area contributed by atoms with Crippen LogP contribution in [0.1, 0.15) is 48.5 Å². The predicted octanol–water partition coefficient (Wildman–Crippen LogP) is 3.31. The van der Waals surface area contributed by atoms with Gasteiger partial charge in [0, 0.05) is 5.69 Å². The van der Waals surface area contributed by atoms with Crippen LogP contribution in [0.5, 0.6) is 0 Å². The Bertz CT molecular complexity index is 442. The molecular weight excluding hydrogens is 226 g/mol. The van der Waals surface area contributed by atoms with E-state index in [9.17, 15) is 4.79 Å². The van der Waals surface area contributed by atoms with Gasteiger partial charge < -0.3 is 10.5 Å². The van der Waals surface area contributed by atoms with Gasteiger partial charge in [-0.05, 0) is 55.9 Å². The summed E-state index contributed by atoms with van der Waals surface area (Å²) < 4.78 is 5.59. The normalized spacial score (nSPS) is 23.7. The van der Waals surface area contributed by atoms with Gasteiger partial charge in [-0.3, -0.25) is 0 Å². The third-order valence-electron chi connectivity index (χ3n) is 3.63. The minimum Gasteiger partial charge on any atom is -0.459 e. The Hall–Kier alpha value is -1.51. The minimum absolute atomic E-state index is 0.0817. The topological polar surface area (TPSA) is 52.3 Å². The van der Waals surface area contributed by atoms with E-state index in [2.05, 4.69) is 6.92 Å². The summed E-state index contributed by atoms with van der Waals surface area (Å²) >= 11 is 0. The van der Waals surface area contributed by atoms with Crippen molar-refractivity contribution in [3.63, 3.8) is 0 Å². The maximum absolute atomic E-state index is 12.1. The molecule has 1 fully saturated rings. The van der Waals surface area contributed by atoms with Gasteiger partial charge in [0.25, 0.3) is 0 Å². The summed E-state index contributed by atoms with van der Waals surface area (Å²) in [5.74, 6) is 0.440. The highest BCUT2D eigenvalue weighted by atomic mass is 16.5. The number of hydrogen-bond donors (Lipinski definition) is 1. The van der Waals surface area contributed by atoms with Crippen LogP contribution < -0.4 is 5.73 Å². The van der Waals surface area contributed by atoms with Crippen molar-refractivity contribution in [1.29, 1.82) is 0 Å². The summed E-state index contributed by atoms with van der Waals surface area (Å²) in [6.45, 7) is 4.10. The summed E-state index contributed by atoms with van der Waals surface area (Å²) in [4.78, 5) is 12.1. The second-order valence-corrected chi connectivity index (χ2v) is 5.37. The minimum atomic E-state index is -0.216. The lowest BCUT2D eigenvalue weighted by atomic mass is 9.88.